The van der Waals surface area contributed by atoms with Gasteiger partial charge in [-0.05, 0) is 30.7 Å². The molecule has 9 nitrogen and oxygen atoms in total. The van der Waals surface area contributed by atoms with Crippen molar-refractivity contribution in [2.45, 2.75) is 17.9 Å². The molecule has 2 aromatic carbocycles. The van der Waals surface area contributed by atoms with E-state index in [2.05, 4.69) is 5.32 Å². The number of nitrogens with two attached hydrogens (primary N) is 1. The lowest BCUT2D eigenvalue weighted by atomic mass is 10.1. The van der Waals surface area contributed by atoms with E-state index in [-0.39, 0.29) is 22.9 Å². The molecule has 26 heavy (non-hydrogen) atoms. The van der Waals surface area contributed by atoms with Crippen molar-refractivity contribution in [3.8, 4) is 5.75 Å². The fourth-order valence-corrected chi connectivity index (χ4v) is 2.73. The molecule has 0 bridgehead atoms. The van der Waals surface area contributed by atoms with Crippen molar-refractivity contribution in [2.75, 3.05) is 6.61 Å². The van der Waals surface area contributed by atoms with Gasteiger partial charge in [0.25, 0.3) is 11.6 Å². The summed E-state index contributed by atoms with van der Waals surface area (Å²) in [5, 5.41) is 18.4. The van der Waals surface area contributed by atoms with E-state index in [4.69, 9.17) is 9.88 Å². The molecule has 0 saturated heterocycles. The first-order chi connectivity index (χ1) is 12.2. The van der Waals surface area contributed by atoms with Crippen LogP contribution in [0.5, 0.6) is 5.75 Å². The summed E-state index contributed by atoms with van der Waals surface area (Å²) < 4.78 is 28.0. The number of nitrogens with zero attached hydrogens (tertiary/aromatic N) is 1. The molecule has 0 aromatic heterocycles. The van der Waals surface area contributed by atoms with Crippen LogP contribution in [0.3, 0.4) is 0 Å². The number of carbonyl (C=O) groups excluding carboxylic acids is 1. The van der Waals surface area contributed by atoms with Gasteiger partial charge < -0.3 is 10.1 Å². The summed E-state index contributed by atoms with van der Waals surface area (Å²) in [5.74, 6) is -0.275. The smallest absolute Gasteiger partial charge is 0.273 e. The molecule has 3 N–H and O–H groups in total. The maximum Gasteiger partial charge on any atom is 0.273 e. The molecule has 0 spiro atoms. The molecule has 0 aliphatic rings. The second-order valence-electron chi connectivity index (χ2n) is 5.45. The number of non-ortho nitro benzene ring substituents is 1. The third-order valence-corrected chi connectivity index (χ3v) is 4.37. The molecule has 0 aliphatic carbocycles. The van der Waals surface area contributed by atoms with Gasteiger partial charge in [0.2, 0.25) is 10.0 Å². The lowest BCUT2D eigenvalue weighted by Gasteiger charge is -2.15. The summed E-state index contributed by atoms with van der Waals surface area (Å²) in [6.45, 7) is 1.33. The molecule has 0 radical (unpaired) electrons. The molecule has 0 saturated carbocycles. The number of sulfonamides is 1. The van der Waals surface area contributed by atoms with Crippen LogP contribution in [0.15, 0.2) is 53.4 Å². The SMILES string of the molecule is CC(NC(=O)COc1cccc([N+](=O)[O-])c1)c1cccc(S(N)(=O)=O)c1. The molecular weight excluding hydrogens is 362 g/mol. The number of nitrogens with one attached hydrogen (secondary N) is 1. The Bertz CT molecular complexity index is 929. The highest BCUT2D eigenvalue weighted by molar-refractivity contribution is 7.89. The number of ether oxygens (including phenoxy) is 1. The zero-order valence-electron chi connectivity index (χ0n) is 13.8. The van der Waals surface area contributed by atoms with Crippen molar-refractivity contribution in [2.24, 2.45) is 5.14 Å². The molecule has 1 amide bonds. The standard InChI is InChI=1S/C16H17N3O6S/c1-11(12-4-2-7-15(8-12)26(17,23)24)18-16(20)10-25-14-6-3-5-13(9-14)19(21)22/h2-9,11H,10H2,1H3,(H,18,20)(H2,17,23,24). The first-order valence-corrected chi connectivity index (χ1v) is 9.01. The van der Waals surface area contributed by atoms with Crippen molar-refractivity contribution in [3.05, 3.63) is 64.2 Å². The number of rotatable bonds is 7. The summed E-state index contributed by atoms with van der Waals surface area (Å²) in [7, 11) is -3.84. The van der Waals surface area contributed by atoms with Gasteiger partial charge in [-0.3, -0.25) is 14.9 Å². The Balaban J connectivity index is 1.97. The minimum absolute atomic E-state index is 0.0519. The highest BCUT2D eigenvalue weighted by Crippen LogP contribution is 2.19. The van der Waals surface area contributed by atoms with Gasteiger partial charge in [-0.25, -0.2) is 13.6 Å². The van der Waals surface area contributed by atoms with Crippen molar-refractivity contribution in [3.63, 3.8) is 0 Å². The van der Waals surface area contributed by atoms with Gasteiger partial charge in [0.15, 0.2) is 6.61 Å². The zero-order chi connectivity index (χ0) is 19.3. The monoisotopic (exact) mass is 379 g/mol. The molecule has 10 heteroatoms. The Morgan fingerprint density at radius 2 is 1.96 bits per heavy atom. The molecule has 0 heterocycles. The number of nitro benzene ring substituents is 1. The van der Waals surface area contributed by atoms with Crippen LogP contribution in [0.25, 0.3) is 0 Å². The molecule has 1 unspecified atom stereocenters. The normalized spacial score (nSPS) is 12.2. The van der Waals surface area contributed by atoms with Gasteiger partial charge >= 0.3 is 0 Å². The highest BCUT2D eigenvalue weighted by atomic mass is 32.2. The Morgan fingerprint density at radius 1 is 1.27 bits per heavy atom. The number of hydrogen-bond donors (Lipinski definition) is 2. The van der Waals surface area contributed by atoms with Crippen LogP contribution in [0.2, 0.25) is 0 Å². The van der Waals surface area contributed by atoms with Gasteiger partial charge in [-0.15, -0.1) is 0 Å². The van der Waals surface area contributed by atoms with Crippen LogP contribution >= 0.6 is 0 Å². The van der Waals surface area contributed by atoms with Crippen molar-refractivity contribution in [1.82, 2.24) is 5.32 Å². The van der Waals surface area contributed by atoms with Crippen molar-refractivity contribution >= 4 is 21.6 Å². The molecule has 138 valence electrons. The summed E-state index contributed by atoms with van der Waals surface area (Å²) in [4.78, 5) is 22.1. The Labute approximate surface area is 150 Å². The van der Waals surface area contributed by atoms with E-state index in [1.807, 2.05) is 0 Å². The minimum Gasteiger partial charge on any atom is -0.484 e. The van der Waals surface area contributed by atoms with E-state index >= 15 is 0 Å². The Kier molecular flexibility index (Phi) is 5.90. The maximum atomic E-state index is 12.0. The van der Waals surface area contributed by atoms with Crippen LogP contribution in [0.1, 0.15) is 18.5 Å². The number of amides is 1. The lowest BCUT2D eigenvalue weighted by Crippen LogP contribution is -2.31. The molecule has 2 aromatic rings. The summed E-state index contributed by atoms with van der Waals surface area (Å²) in [5.41, 5.74) is 0.413. The minimum atomic E-state index is -3.84. The number of carbonyl (C=O) groups is 1. The summed E-state index contributed by atoms with van der Waals surface area (Å²) in [6, 6.07) is 10.9. The summed E-state index contributed by atoms with van der Waals surface area (Å²) >= 11 is 0. The summed E-state index contributed by atoms with van der Waals surface area (Å²) in [6.07, 6.45) is 0. The Hall–Kier alpha value is -2.98. The van der Waals surface area contributed by atoms with Crippen LogP contribution < -0.4 is 15.2 Å². The van der Waals surface area contributed by atoms with Gasteiger partial charge in [0.05, 0.1) is 21.9 Å². The van der Waals surface area contributed by atoms with E-state index in [0.717, 1.165) is 0 Å². The second kappa shape index (κ2) is 7.93. The zero-order valence-corrected chi connectivity index (χ0v) is 14.6. The van der Waals surface area contributed by atoms with E-state index in [1.54, 1.807) is 13.0 Å². The Morgan fingerprint density at radius 3 is 2.62 bits per heavy atom. The average Bonchev–Trinajstić information content (AvgIpc) is 2.59. The molecular formula is C16H17N3O6S. The molecule has 0 fully saturated rings. The van der Waals surface area contributed by atoms with Gasteiger partial charge in [0, 0.05) is 6.07 Å². The van der Waals surface area contributed by atoms with E-state index < -0.39 is 26.9 Å². The van der Waals surface area contributed by atoms with Crippen molar-refractivity contribution < 1.29 is 22.9 Å². The largest absolute Gasteiger partial charge is 0.484 e. The fourth-order valence-electron chi connectivity index (χ4n) is 2.16. The molecule has 1 atom stereocenters. The number of hydrogen-bond acceptors (Lipinski definition) is 6. The molecule has 2 rings (SSSR count). The van der Waals surface area contributed by atoms with Gasteiger partial charge in [0.1, 0.15) is 5.75 Å². The quantitative estimate of drug-likeness (QED) is 0.551. The maximum absolute atomic E-state index is 12.0. The fraction of sp³-hybridized carbons (Fsp3) is 0.188. The lowest BCUT2D eigenvalue weighted by molar-refractivity contribution is -0.384. The first kappa shape index (κ1) is 19.3. The van der Waals surface area contributed by atoms with Crippen molar-refractivity contribution in [1.29, 1.82) is 0 Å². The molecule has 0 aliphatic heterocycles. The van der Waals surface area contributed by atoms with Gasteiger partial charge in [-0.2, -0.15) is 0 Å². The van der Waals surface area contributed by atoms with Crippen LogP contribution in [0, 0.1) is 10.1 Å². The van der Waals surface area contributed by atoms with E-state index in [0.29, 0.717) is 5.56 Å². The number of benzene rings is 2. The number of primary sulfonamides is 1. The average molecular weight is 379 g/mol. The third-order valence-electron chi connectivity index (χ3n) is 3.46. The third kappa shape index (κ3) is 5.26. The topological polar surface area (TPSA) is 142 Å². The predicted octanol–water partition coefficient (Wildman–Crippen LogP) is 1.50. The highest BCUT2D eigenvalue weighted by Gasteiger charge is 2.14. The van der Waals surface area contributed by atoms with E-state index in [9.17, 15) is 23.3 Å². The number of nitro groups is 1. The van der Waals surface area contributed by atoms with E-state index in [1.165, 1.54) is 42.5 Å². The van der Waals surface area contributed by atoms with Crippen LogP contribution in [0.4, 0.5) is 5.69 Å². The second-order valence-corrected chi connectivity index (χ2v) is 7.01. The van der Waals surface area contributed by atoms with Gasteiger partial charge in [-0.1, -0.05) is 18.2 Å². The van der Waals surface area contributed by atoms with Crippen LogP contribution in [-0.2, 0) is 14.8 Å². The first-order valence-electron chi connectivity index (χ1n) is 7.46. The predicted molar refractivity (Wildman–Crippen MR) is 93.0 cm³/mol. The van der Waals surface area contributed by atoms with Crippen LogP contribution in [-0.4, -0.2) is 25.9 Å².